The number of nitrogens with zero attached hydrogens (tertiary/aromatic N) is 2. The fraction of sp³-hybridized carbons (Fsp3) is 0.0556. The lowest BCUT2D eigenvalue weighted by Gasteiger charge is -2.09. The largest absolute Gasteiger partial charge is 0.325 e. The van der Waals surface area contributed by atoms with Crippen molar-refractivity contribution in [1.82, 2.24) is 9.55 Å². The molecule has 6 nitrogen and oxygen atoms in total. The van der Waals surface area contributed by atoms with E-state index in [2.05, 4.69) is 15.6 Å². The topological polar surface area (TPSA) is 76.0 Å². The van der Waals surface area contributed by atoms with Gasteiger partial charge in [-0.2, -0.15) is 0 Å². The number of anilines is 2. The molecule has 0 atom stereocenters. The van der Waals surface area contributed by atoms with Crippen LogP contribution < -0.4 is 16.2 Å². The van der Waals surface area contributed by atoms with Gasteiger partial charge >= 0.3 is 6.03 Å². The van der Waals surface area contributed by atoms with Crippen molar-refractivity contribution in [3.63, 3.8) is 0 Å². The first kappa shape index (κ1) is 16.4. The lowest BCUT2D eigenvalue weighted by Crippen LogP contribution is -2.28. The van der Waals surface area contributed by atoms with Crippen molar-refractivity contribution >= 4 is 17.5 Å². The Kier molecular flexibility index (Phi) is 4.56. The molecule has 2 amide bonds. The van der Waals surface area contributed by atoms with E-state index < -0.39 is 17.4 Å². The van der Waals surface area contributed by atoms with Gasteiger partial charge in [0.15, 0.2) is 0 Å². The number of hydrogen-bond donors (Lipinski definition) is 2. The second kappa shape index (κ2) is 6.96. The first-order valence-corrected chi connectivity index (χ1v) is 7.52. The first-order chi connectivity index (χ1) is 12.0. The van der Waals surface area contributed by atoms with Crippen molar-refractivity contribution in [3.05, 3.63) is 82.7 Å². The van der Waals surface area contributed by atoms with Gasteiger partial charge in [0, 0.05) is 23.8 Å². The third-order valence-corrected chi connectivity index (χ3v) is 3.54. The summed E-state index contributed by atoms with van der Waals surface area (Å²) in [5.41, 5.74) is 0.930. The van der Waals surface area contributed by atoms with Gasteiger partial charge in [0.25, 0.3) is 5.56 Å². The van der Waals surface area contributed by atoms with Crippen LogP contribution in [0.2, 0.25) is 0 Å². The normalized spacial score (nSPS) is 10.3. The summed E-state index contributed by atoms with van der Waals surface area (Å²) in [6.07, 6.45) is 2.92. The minimum atomic E-state index is -0.682. The van der Waals surface area contributed by atoms with Crippen LogP contribution in [-0.2, 0) is 0 Å². The fourth-order valence-electron chi connectivity index (χ4n) is 2.23. The number of carbonyl (C=O) groups is 1. The smallest absolute Gasteiger partial charge is 0.308 e. The molecule has 0 aliphatic heterocycles. The number of aryl methyl sites for hydroxylation is 1. The van der Waals surface area contributed by atoms with E-state index in [-0.39, 0.29) is 11.5 Å². The second-order valence-corrected chi connectivity index (χ2v) is 5.33. The molecule has 0 aliphatic carbocycles. The molecular weight excluding hydrogens is 323 g/mol. The van der Waals surface area contributed by atoms with Gasteiger partial charge in [-0.05, 0) is 36.8 Å². The fourth-order valence-corrected chi connectivity index (χ4v) is 2.23. The van der Waals surface area contributed by atoms with Crippen molar-refractivity contribution in [2.75, 3.05) is 10.6 Å². The summed E-state index contributed by atoms with van der Waals surface area (Å²) in [5, 5.41) is 4.85. The van der Waals surface area contributed by atoms with Gasteiger partial charge in [0.05, 0.1) is 0 Å². The molecule has 0 radical (unpaired) electrons. The summed E-state index contributed by atoms with van der Waals surface area (Å²) >= 11 is 0. The average Bonchev–Trinajstić information content (AvgIpc) is 2.61. The molecule has 0 saturated heterocycles. The van der Waals surface area contributed by atoms with Crippen LogP contribution in [0.5, 0.6) is 0 Å². The standard InChI is InChI=1S/C18H15FN4O2/c1-12-7-8-13(11-15(12)19)21-18(25)22-16-17(24)23(10-9-20-16)14-5-3-2-4-6-14/h2-11H,1H3,(H2,20,21,22,25). The number of halogens is 1. The lowest BCUT2D eigenvalue weighted by atomic mass is 10.2. The van der Waals surface area contributed by atoms with E-state index in [4.69, 9.17) is 0 Å². The number of rotatable bonds is 3. The Hall–Kier alpha value is -3.48. The molecule has 0 aliphatic rings. The van der Waals surface area contributed by atoms with Crippen molar-refractivity contribution in [1.29, 1.82) is 0 Å². The Morgan fingerprint density at radius 3 is 2.60 bits per heavy atom. The molecule has 7 heteroatoms. The molecule has 2 N–H and O–H groups in total. The molecule has 3 rings (SSSR count). The molecule has 0 spiro atoms. The number of para-hydroxylation sites is 1. The summed E-state index contributed by atoms with van der Waals surface area (Å²) in [5.74, 6) is -0.557. The zero-order chi connectivity index (χ0) is 17.8. The molecule has 25 heavy (non-hydrogen) atoms. The van der Waals surface area contributed by atoms with Gasteiger partial charge < -0.3 is 5.32 Å². The third kappa shape index (κ3) is 3.72. The molecule has 2 aromatic carbocycles. The van der Waals surface area contributed by atoms with Gasteiger partial charge in [0.2, 0.25) is 5.82 Å². The van der Waals surface area contributed by atoms with E-state index in [0.717, 1.165) is 0 Å². The molecule has 1 heterocycles. The van der Waals surface area contributed by atoms with Gasteiger partial charge in [-0.3, -0.25) is 14.7 Å². The van der Waals surface area contributed by atoms with Gasteiger partial charge in [-0.1, -0.05) is 24.3 Å². The van der Waals surface area contributed by atoms with Gasteiger partial charge in [-0.25, -0.2) is 14.2 Å². The van der Waals surface area contributed by atoms with E-state index in [9.17, 15) is 14.0 Å². The molecule has 0 fully saturated rings. The van der Waals surface area contributed by atoms with Crippen LogP contribution in [0.3, 0.4) is 0 Å². The Morgan fingerprint density at radius 2 is 1.88 bits per heavy atom. The Labute approximate surface area is 143 Å². The molecule has 0 saturated carbocycles. The summed E-state index contributed by atoms with van der Waals surface area (Å²) in [4.78, 5) is 28.4. The van der Waals surface area contributed by atoms with Crippen LogP contribution in [0.1, 0.15) is 5.56 Å². The van der Waals surface area contributed by atoms with E-state index in [1.165, 1.54) is 23.0 Å². The number of hydrogen-bond acceptors (Lipinski definition) is 3. The lowest BCUT2D eigenvalue weighted by molar-refractivity contribution is 0.262. The number of nitrogens with one attached hydrogen (secondary N) is 2. The number of urea groups is 1. The van der Waals surface area contributed by atoms with Crippen LogP contribution in [-0.4, -0.2) is 15.6 Å². The third-order valence-electron chi connectivity index (χ3n) is 3.54. The Morgan fingerprint density at radius 1 is 1.12 bits per heavy atom. The van der Waals surface area contributed by atoms with Crippen LogP contribution in [0, 0.1) is 12.7 Å². The maximum Gasteiger partial charge on any atom is 0.325 e. The van der Waals surface area contributed by atoms with Crippen molar-refractivity contribution in [3.8, 4) is 5.69 Å². The highest BCUT2D eigenvalue weighted by Crippen LogP contribution is 2.13. The molecule has 3 aromatic rings. The monoisotopic (exact) mass is 338 g/mol. The van der Waals surface area contributed by atoms with Crippen LogP contribution in [0.4, 0.5) is 20.7 Å². The van der Waals surface area contributed by atoms with E-state index in [1.54, 1.807) is 43.3 Å². The summed E-state index contributed by atoms with van der Waals surface area (Å²) < 4.78 is 14.9. The van der Waals surface area contributed by atoms with Gasteiger partial charge in [-0.15, -0.1) is 0 Å². The Bertz CT molecular complexity index is 970. The highest BCUT2D eigenvalue weighted by atomic mass is 19.1. The zero-order valence-corrected chi connectivity index (χ0v) is 13.4. The maximum atomic E-state index is 13.5. The zero-order valence-electron chi connectivity index (χ0n) is 13.4. The molecule has 1 aromatic heterocycles. The quantitative estimate of drug-likeness (QED) is 0.769. The van der Waals surface area contributed by atoms with Crippen LogP contribution in [0.25, 0.3) is 5.69 Å². The SMILES string of the molecule is Cc1ccc(NC(=O)Nc2nccn(-c3ccccc3)c2=O)cc1F. The summed E-state index contributed by atoms with van der Waals surface area (Å²) in [6, 6.07) is 12.6. The van der Waals surface area contributed by atoms with Gasteiger partial charge in [0.1, 0.15) is 5.82 Å². The van der Waals surface area contributed by atoms with Crippen molar-refractivity contribution < 1.29 is 9.18 Å². The van der Waals surface area contributed by atoms with Crippen LogP contribution in [0.15, 0.2) is 65.7 Å². The number of carbonyl (C=O) groups excluding carboxylic acids is 1. The van der Waals surface area contributed by atoms with Crippen LogP contribution >= 0.6 is 0 Å². The minimum Gasteiger partial charge on any atom is -0.308 e. The molecular formula is C18H15FN4O2. The molecule has 126 valence electrons. The van der Waals surface area contributed by atoms with E-state index in [0.29, 0.717) is 11.3 Å². The highest BCUT2D eigenvalue weighted by Gasteiger charge is 2.10. The average molecular weight is 338 g/mol. The van der Waals surface area contributed by atoms with Crippen molar-refractivity contribution in [2.45, 2.75) is 6.92 Å². The summed E-state index contributed by atoms with van der Waals surface area (Å²) in [7, 11) is 0. The molecule has 0 unspecified atom stereocenters. The van der Waals surface area contributed by atoms with E-state index in [1.807, 2.05) is 6.07 Å². The Balaban J connectivity index is 1.80. The predicted octanol–water partition coefficient (Wildman–Crippen LogP) is 3.32. The van der Waals surface area contributed by atoms with E-state index >= 15 is 0 Å². The minimum absolute atomic E-state index is 0.128. The number of amides is 2. The number of aromatic nitrogens is 2. The summed E-state index contributed by atoms with van der Waals surface area (Å²) in [6.45, 7) is 1.62. The second-order valence-electron chi connectivity index (χ2n) is 5.33. The maximum absolute atomic E-state index is 13.5. The number of benzene rings is 2. The predicted molar refractivity (Wildman–Crippen MR) is 93.6 cm³/mol. The molecule has 0 bridgehead atoms. The first-order valence-electron chi connectivity index (χ1n) is 7.52. The highest BCUT2D eigenvalue weighted by molar-refractivity contribution is 5.99. The van der Waals surface area contributed by atoms with Crippen molar-refractivity contribution in [2.24, 2.45) is 0 Å².